The maximum atomic E-state index is 11.7. The number of nitrogens with zero attached hydrogens (tertiary/aromatic N) is 4. The fourth-order valence-corrected chi connectivity index (χ4v) is 5.80. The van der Waals surface area contributed by atoms with Gasteiger partial charge in [-0.2, -0.15) is 0 Å². The lowest BCUT2D eigenvalue weighted by Crippen LogP contribution is -2.32. The number of hydroxylamine groups is 1. The van der Waals surface area contributed by atoms with Crippen molar-refractivity contribution in [3.05, 3.63) is 47.5 Å². The van der Waals surface area contributed by atoms with E-state index in [-0.39, 0.29) is 6.04 Å². The van der Waals surface area contributed by atoms with Crippen molar-refractivity contribution in [1.29, 1.82) is 0 Å². The molecule has 1 saturated heterocycles. The quantitative estimate of drug-likeness (QED) is 0.355. The van der Waals surface area contributed by atoms with Crippen molar-refractivity contribution in [1.82, 2.24) is 30.3 Å². The summed E-state index contributed by atoms with van der Waals surface area (Å²) in [5.41, 5.74) is 5.36. The molecule has 9 heteroatoms. The van der Waals surface area contributed by atoms with Gasteiger partial charge in [-0.15, -0.1) is 5.48 Å². The lowest BCUT2D eigenvalue weighted by atomic mass is 9.80. The number of fused-ring (bicyclic) bond motifs is 1. The number of anilines is 1. The Balaban J connectivity index is 1.43. The van der Waals surface area contributed by atoms with Crippen LogP contribution in [0.15, 0.2) is 30.3 Å². The molecule has 0 bridgehead atoms. The van der Waals surface area contributed by atoms with Crippen LogP contribution in [-0.4, -0.2) is 31.7 Å². The summed E-state index contributed by atoms with van der Waals surface area (Å²) in [5, 5.41) is 6.44. The summed E-state index contributed by atoms with van der Waals surface area (Å²) in [6, 6.07) is 10.6. The molecule has 2 atom stereocenters. The van der Waals surface area contributed by atoms with E-state index < -0.39 is 12.3 Å². The standard InChI is InChI=1S/C29H37N7O2/c1-18-11-13-21(14-12-18)17-36-23(16-15-20-7-4-3-5-8-20)31-26-24(36)25(30-19(2)22-9-6-10-22)32-27(33-26)28-34-29(37)38-35-28/h3-5,7-8,15-16,18-19,21-22,28,35H,6,9-14,17H2,1-2H3,(H,34,37)(H,30,32,33)/b16-15+/t18?,19-,21?,28?/m1/s1. The van der Waals surface area contributed by atoms with E-state index in [0.29, 0.717) is 23.3 Å². The molecule has 1 amide bonds. The van der Waals surface area contributed by atoms with Gasteiger partial charge in [-0.05, 0) is 62.0 Å². The summed E-state index contributed by atoms with van der Waals surface area (Å²) >= 11 is 0. The second-order valence-electron chi connectivity index (χ2n) is 11.3. The first-order chi connectivity index (χ1) is 18.5. The minimum Gasteiger partial charge on any atom is -0.365 e. The highest BCUT2D eigenvalue weighted by atomic mass is 16.7. The number of nitrogens with one attached hydrogen (secondary N) is 3. The Labute approximate surface area is 223 Å². The number of carbonyl (C=O) groups excluding carboxylic acids is 1. The smallest absolute Gasteiger partial charge is 0.365 e. The summed E-state index contributed by atoms with van der Waals surface area (Å²) in [5.74, 6) is 4.08. The number of aromatic nitrogens is 4. The van der Waals surface area contributed by atoms with Gasteiger partial charge in [-0.3, -0.25) is 5.32 Å². The summed E-state index contributed by atoms with van der Waals surface area (Å²) in [4.78, 5) is 31.4. The van der Waals surface area contributed by atoms with Gasteiger partial charge in [0, 0.05) is 12.6 Å². The van der Waals surface area contributed by atoms with Gasteiger partial charge in [0.05, 0.1) is 0 Å². The van der Waals surface area contributed by atoms with Crippen LogP contribution < -0.4 is 16.1 Å². The molecule has 2 aliphatic carbocycles. The lowest BCUT2D eigenvalue weighted by molar-refractivity contribution is 0.120. The number of hydrogen-bond acceptors (Lipinski definition) is 7. The van der Waals surface area contributed by atoms with Crippen molar-refractivity contribution in [3.63, 3.8) is 0 Å². The normalized spacial score (nSPS) is 24.8. The molecule has 0 radical (unpaired) electrons. The highest BCUT2D eigenvalue weighted by Crippen LogP contribution is 2.35. The second-order valence-corrected chi connectivity index (χ2v) is 11.3. The Morgan fingerprint density at radius 2 is 1.87 bits per heavy atom. The van der Waals surface area contributed by atoms with Crippen molar-refractivity contribution in [2.45, 2.75) is 77.5 Å². The van der Waals surface area contributed by atoms with Gasteiger partial charge in [0.2, 0.25) is 0 Å². The van der Waals surface area contributed by atoms with Crippen molar-refractivity contribution in [2.24, 2.45) is 17.8 Å². The number of carbonyl (C=O) groups is 1. The van der Waals surface area contributed by atoms with Crippen molar-refractivity contribution < 1.29 is 9.63 Å². The largest absolute Gasteiger partial charge is 0.427 e. The van der Waals surface area contributed by atoms with Crippen molar-refractivity contribution in [2.75, 3.05) is 5.32 Å². The number of hydrogen-bond donors (Lipinski definition) is 3. The maximum Gasteiger partial charge on any atom is 0.427 e. The molecule has 3 aromatic rings. The van der Waals surface area contributed by atoms with Crippen LogP contribution in [0.1, 0.15) is 82.2 Å². The van der Waals surface area contributed by atoms with E-state index in [4.69, 9.17) is 19.8 Å². The molecule has 6 rings (SSSR count). The van der Waals surface area contributed by atoms with E-state index in [1.54, 1.807) is 0 Å². The minimum atomic E-state index is -0.625. The van der Waals surface area contributed by atoms with E-state index in [1.807, 2.05) is 18.2 Å². The van der Waals surface area contributed by atoms with Crippen LogP contribution in [0.3, 0.4) is 0 Å². The molecular weight excluding hydrogens is 478 g/mol. The van der Waals surface area contributed by atoms with Gasteiger partial charge in [0.25, 0.3) is 0 Å². The molecule has 38 heavy (non-hydrogen) atoms. The van der Waals surface area contributed by atoms with Gasteiger partial charge in [0.1, 0.15) is 11.3 Å². The first kappa shape index (κ1) is 24.9. The molecule has 1 aromatic carbocycles. The van der Waals surface area contributed by atoms with Crippen molar-refractivity contribution >= 4 is 35.2 Å². The Morgan fingerprint density at radius 1 is 1.08 bits per heavy atom. The molecule has 2 saturated carbocycles. The molecule has 200 valence electrons. The van der Waals surface area contributed by atoms with E-state index in [2.05, 4.69) is 58.8 Å². The second kappa shape index (κ2) is 10.7. The molecule has 3 fully saturated rings. The molecule has 1 aliphatic heterocycles. The predicted molar refractivity (Wildman–Crippen MR) is 148 cm³/mol. The first-order valence-electron chi connectivity index (χ1n) is 14.0. The third-order valence-corrected chi connectivity index (χ3v) is 8.46. The zero-order valence-corrected chi connectivity index (χ0v) is 22.2. The van der Waals surface area contributed by atoms with Gasteiger partial charge in [0.15, 0.2) is 23.5 Å². The average molecular weight is 516 g/mol. The van der Waals surface area contributed by atoms with Crippen LogP contribution in [0.4, 0.5) is 10.6 Å². The Bertz CT molecular complexity index is 1310. The molecule has 3 N–H and O–H groups in total. The van der Waals surface area contributed by atoms with Crippen LogP contribution in [0.5, 0.6) is 0 Å². The number of rotatable bonds is 8. The molecule has 2 aromatic heterocycles. The Hall–Kier alpha value is -3.46. The van der Waals surface area contributed by atoms with Crippen LogP contribution >= 0.6 is 0 Å². The molecule has 0 spiro atoms. The van der Waals surface area contributed by atoms with Gasteiger partial charge in [-0.25, -0.2) is 19.7 Å². The highest BCUT2D eigenvalue weighted by molar-refractivity contribution is 5.86. The first-order valence-corrected chi connectivity index (χ1v) is 14.0. The Kier molecular flexibility index (Phi) is 7.02. The average Bonchev–Trinajstić information content (AvgIpc) is 3.47. The van der Waals surface area contributed by atoms with E-state index in [9.17, 15) is 4.79 Å². The summed E-state index contributed by atoms with van der Waals surface area (Å²) < 4.78 is 2.31. The summed E-state index contributed by atoms with van der Waals surface area (Å²) in [7, 11) is 0. The number of benzene rings is 1. The van der Waals surface area contributed by atoms with Gasteiger partial charge >= 0.3 is 6.09 Å². The lowest BCUT2D eigenvalue weighted by Gasteiger charge is -2.32. The number of amides is 1. The molecule has 1 unspecified atom stereocenters. The molecular formula is C29H37N7O2. The van der Waals surface area contributed by atoms with Crippen LogP contribution in [0.25, 0.3) is 23.3 Å². The third kappa shape index (κ3) is 5.25. The molecule has 3 heterocycles. The van der Waals surface area contributed by atoms with Crippen LogP contribution in [-0.2, 0) is 11.4 Å². The minimum absolute atomic E-state index is 0.277. The van der Waals surface area contributed by atoms with E-state index >= 15 is 0 Å². The zero-order valence-electron chi connectivity index (χ0n) is 22.2. The fraction of sp³-hybridized carbons (Fsp3) is 0.517. The Morgan fingerprint density at radius 3 is 2.55 bits per heavy atom. The SMILES string of the molecule is CC1CCC(Cn2c(/C=C/c3ccccc3)nc3nc(C4NOC(=O)N4)nc(N[C@H](C)C4CCC4)c32)CC1. The highest BCUT2D eigenvalue weighted by Gasteiger charge is 2.31. The third-order valence-electron chi connectivity index (χ3n) is 8.46. The summed E-state index contributed by atoms with van der Waals surface area (Å²) in [6.45, 7) is 5.47. The van der Waals surface area contributed by atoms with Crippen LogP contribution in [0.2, 0.25) is 0 Å². The van der Waals surface area contributed by atoms with Gasteiger partial charge in [-0.1, -0.05) is 62.6 Å². The number of imidazole rings is 1. The predicted octanol–water partition coefficient (Wildman–Crippen LogP) is 5.67. The zero-order chi connectivity index (χ0) is 26.1. The van der Waals surface area contributed by atoms with E-state index in [0.717, 1.165) is 35.2 Å². The maximum absolute atomic E-state index is 11.7. The monoisotopic (exact) mass is 515 g/mol. The van der Waals surface area contributed by atoms with Crippen molar-refractivity contribution in [3.8, 4) is 0 Å². The summed E-state index contributed by atoms with van der Waals surface area (Å²) in [6.07, 6.45) is 11.7. The molecule has 3 aliphatic rings. The van der Waals surface area contributed by atoms with E-state index in [1.165, 1.54) is 44.9 Å². The van der Waals surface area contributed by atoms with Crippen LogP contribution in [0, 0.1) is 17.8 Å². The molecule has 9 nitrogen and oxygen atoms in total. The topological polar surface area (TPSA) is 106 Å². The van der Waals surface area contributed by atoms with Gasteiger partial charge < -0.3 is 14.7 Å². The fourth-order valence-electron chi connectivity index (χ4n) is 5.80.